The van der Waals surface area contributed by atoms with Gasteiger partial charge in [-0.15, -0.1) is 0 Å². The van der Waals surface area contributed by atoms with Crippen LogP contribution in [0.5, 0.6) is 0 Å². The van der Waals surface area contributed by atoms with Crippen molar-refractivity contribution in [2.24, 2.45) is 5.92 Å². The lowest BCUT2D eigenvalue weighted by Gasteiger charge is -2.37. The third kappa shape index (κ3) is 4.20. The largest absolute Gasteiger partial charge is 0.373 e. The maximum atomic E-state index is 5.82. The highest BCUT2D eigenvalue weighted by Crippen LogP contribution is 2.24. The Morgan fingerprint density at radius 1 is 1.14 bits per heavy atom. The van der Waals surface area contributed by atoms with Gasteiger partial charge in [-0.1, -0.05) is 6.07 Å². The van der Waals surface area contributed by atoms with Crippen molar-refractivity contribution < 1.29 is 4.74 Å². The first kappa shape index (κ1) is 15.8. The molecule has 0 radical (unpaired) electrons. The molecule has 2 aliphatic heterocycles. The lowest BCUT2D eigenvalue weighted by molar-refractivity contribution is -0.0690. The second kappa shape index (κ2) is 7.42. The van der Waals surface area contributed by atoms with Crippen molar-refractivity contribution in [2.45, 2.75) is 45.3 Å². The van der Waals surface area contributed by atoms with E-state index in [2.05, 4.69) is 40.8 Å². The number of morpholine rings is 1. The van der Waals surface area contributed by atoms with Crippen molar-refractivity contribution in [3.8, 4) is 0 Å². The molecule has 2 aliphatic rings. The summed E-state index contributed by atoms with van der Waals surface area (Å²) in [5, 5.41) is 0. The van der Waals surface area contributed by atoms with Crippen molar-refractivity contribution >= 4 is 5.82 Å². The highest BCUT2D eigenvalue weighted by molar-refractivity contribution is 5.37. The number of hydrogen-bond acceptors (Lipinski definition) is 4. The van der Waals surface area contributed by atoms with Crippen molar-refractivity contribution in [1.29, 1.82) is 0 Å². The van der Waals surface area contributed by atoms with Crippen LogP contribution in [0.2, 0.25) is 0 Å². The van der Waals surface area contributed by atoms with Gasteiger partial charge in [-0.25, -0.2) is 4.98 Å². The molecule has 3 heterocycles. The Bertz CT molecular complexity index is 435. The molecular weight excluding hydrogens is 274 g/mol. The number of pyridine rings is 1. The molecule has 1 aromatic rings. The van der Waals surface area contributed by atoms with Crippen LogP contribution in [0.25, 0.3) is 0 Å². The van der Waals surface area contributed by atoms with Crippen molar-refractivity contribution in [2.75, 3.05) is 37.6 Å². The van der Waals surface area contributed by atoms with E-state index in [1.807, 2.05) is 12.3 Å². The minimum Gasteiger partial charge on any atom is -0.373 e. The maximum Gasteiger partial charge on any atom is 0.128 e. The van der Waals surface area contributed by atoms with Gasteiger partial charge >= 0.3 is 0 Å². The van der Waals surface area contributed by atoms with Gasteiger partial charge in [0.25, 0.3) is 0 Å². The van der Waals surface area contributed by atoms with Crippen LogP contribution in [-0.4, -0.2) is 54.8 Å². The molecule has 0 saturated carbocycles. The molecule has 0 spiro atoms. The summed E-state index contributed by atoms with van der Waals surface area (Å²) in [6.45, 7) is 10.1. The molecule has 122 valence electrons. The zero-order valence-electron chi connectivity index (χ0n) is 13.9. The molecule has 1 aromatic heterocycles. The fraction of sp³-hybridized carbons (Fsp3) is 0.722. The third-order valence-electron chi connectivity index (χ3n) is 4.94. The highest BCUT2D eigenvalue weighted by Gasteiger charge is 2.24. The molecule has 0 aromatic carbocycles. The zero-order valence-corrected chi connectivity index (χ0v) is 13.9. The number of rotatable bonds is 4. The maximum absolute atomic E-state index is 5.82. The normalized spacial score (nSPS) is 28.0. The molecule has 2 fully saturated rings. The Morgan fingerprint density at radius 3 is 2.50 bits per heavy atom. The van der Waals surface area contributed by atoms with Crippen LogP contribution in [-0.2, 0) is 4.74 Å². The average molecular weight is 303 g/mol. The quantitative estimate of drug-likeness (QED) is 0.855. The van der Waals surface area contributed by atoms with Gasteiger partial charge in [0, 0.05) is 32.4 Å². The number of anilines is 1. The topological polar surface area (TPSA) is 28.6 Å². The first-order valence-electron chi connectivity index (χ1n) is 8.74. The molecule has 3 rings (SSSR count). The van der Waals surface area contributed by atoms with Gasteiger partial charge < -0.3 is 9.64 Å². The average Bonchev–Trinajstić information content (AvgIpc) is 2.53. The van der Waals surface area contributed by atoms with Crippen molar-refractivity contribution in [3.63, 3.8) is 0 Å². The highest BCUT2D eigenvalue weighted by atomic mass is 16.5. The number of hydrogen-bond donors (Lipinski definition) is 0. The Morgan fingerprint density at radius 2 is 1.86 bits per heavy atom. The molecule has 0 N–H and O–H groups in total. The number of ether oxygens (including phenoxy) is 1. The number of nitrogens with zero attached hydrogens (tertiary/aromatic N) is 3. The predicted octanol–water partition coefficient (Wildman–Crippen LogP) is 2.80. The van der Waals surface area contributed by atoms with E-state index in [-0.39, 0.29) is 0 Å². The molecule has 0 bridgehead atoms. The van der Waals surface area contributed by atoms with Crippen LogP contribution in [0, 0.1) is 5.92 Å². The molecule has 0 amide bonds. The summed E-state index contributed by atoms with van der Waals surface area (Å²) in [5.74, 6) is 2.00. The Labute approximate surface area is 134 Å². The van der Waals surface area contributed by atoms with Crippen LogP contribution < -0.4 is 4.90 Å². The van der Waals surface area contributed by atoms with Crippen molar-refractivity contribution in [3.05, 3.63) is 24.4 Å². The summed E-state index contributed by atoms with van der Waals surface area (Å²) >= 11 is 0. The summed E-state index contributed by atoms with van der Waals surface area (Å²) in [7, 11) is 0. The summed E-state index contributed by atoms with van der Waals surface area (Å²) in [5.41, 5.74) is 0. The first-order valence-corrected chi connectivity index (χ1v) is 8.74. The second-order valence-corrected chi connectivity index (χ2v) is 6.92. The summed E-state index contributed by atoms with van der Waals surface area (Å²) < 4.78 is 5.82. The SMILES string of the molecule is CC1CN(CCC2CCN(c3ccccn3)CC2)CC(C)O1. The van der Waals surface area contributed by atoms with Crippen LogP contribution in [0.4, 0.5) is 5.82 Å². The van der Waals surface area contributed by atoms with Gasteiger partial charge in [0.05, 0.1) is 12.2 Å². The van der Waals surface area contributed by atoms with E-state index in [1.165, 1.54) is 25.8 Å². The lowest BCUT2D eigenvalue weighted by atomic mass is 9.93. The van der Waals surface area contributed by atoms with E-state index < -0.39 is 0 Å². The van der Waals surface area contributed by atoms with Crippen molar-refractivity contribution in [1.82, 2.24) is 9.88 Å². The summed E-state index contributed by atoms with van der Waals surface area (Å²) in [4.78, 5) is 9.48. The van der Waals surface area contributed by atoms with Gasteiger partial charge in [0.15, 0.2) is 0 Å². The molecule has 0 aliphatic carbocycles. The molecule has 2 saturated heterocycles. The van der Waals surface area contributed by atoms with Gasteiger partial charge in [0.2, 0.25) is 0 Å². The fourth-order valence-corrected chi connectivity index (χ4v) is 3.82. The van der Waals surface area contributed by atoms with E-state index in [9.17, 15) is 0 Å². The molecular formula is C18H29N3O. The first-order chi connectivity index (χ1) is 10.7. The minimum atomic E-state index is 0.384. The summed E-state index contributed by atoms with van der Waals surface area (Å²) in [6.07, 6.45) is 6.58. The van der Waals surface area contributed by atoms with Crippen LogP contribution in [0.1, 0.15) is 33.1 Å². The smallest absolute Gasteiger partial charge is 0.128 e. The third-order valence-corrected chi connectivity index (χ3v) is 4.94. The zero-order chi connectivity index (χ0) is 15.4. The predicted molar refractivity (Wildman–Crippen MR) is 90.2 cm³/mol. The van der Waals surface area contributed by atoms with E-state index in [0.29, 0.717) is 12.2 Å². The fourth-order valence-electron chi connectivity index (χ4n) is 3.82. The lowest BCUT2D eigenvalue weighted by Crippen LogP contribution is -2.46. The Hall–Kier alpha value is -1.13. The van der Waals surface area contributed by atoms with Gasteiger partial charge in [-0.05, 0) is 57.7 Å². The monoisotopic (exact) mass is 303 g/mol. The molecule has 4 heteroatoms. The Kier molecular flexibility index (Phi) is 5.32. The number of piperidine rings is 1. The summed E-state index contributed by atoms with van der Waals surface area (Å²) in [6, 6.07) is 6.19. The van der Waals surface area contributed by atoms with Gasteiger partial charge in [-0.3, -0.25) is 4.90 Å². The molecule has 4 nitrogen and oxygen atoms in total. The number of aromatic nitrogens is 1. The van der Waals surface area contributed by atoms with Gasteiger partial charge in [0.1, 0.15) is 5.82 Å². The Balaban J connectivity index is 1.41. The van der Waals surface area contributed by atoms with Crippen LogP contribution in [0.15, 0.2) is 24.4 Å². The van der Waals surface area contributed by atoms with E-state index in [0.717, 1.165) is 37.9 Å². The van der Waals surface area contributed by atoms with E-state index in [4.69, 9.17) is 4.74 Å². The molecule has 2 unspecified atom stereocenters. The van der Waals surface area contributed by atoms with Crippen LogP contribution >= 0.6 is 0 Å². The standard InChI is InChI=1S/C18H29N3O/c1-15-13-20(14-16(2)22-15)10-6-17-7-11-21(12-8-17)18-5-3-4-9-19-18/h3-5,9,15-17H,6-8,10-14H2,1-2H3. The minimum absolute atomic E-state index is 0.384. The van der Waals surface area contributed by atoms with Gasteiger partial charge in [-0.2, -0.15) is 0 Å². The van der Waals surface area contributed by atoms with Crippen LogP contribution in [0.3, 0.4) is 0 Å². The molecule has 22 heavy (non-hydrogen) atoms. The van der Waals surface area contributed by atoms with E-state index >= 15 is 0 Å². The van der Waals surface area contributed by atoms with E-state index in [1.54, 1.807) is 0 Å². The second-order valence-electron chi connectivity index (χ2n) is 6.92. The molecule has 2 atom stereocenters.